The molecule has 0 N–H and O–H groups in total. The molecule has 4 heteroatoms. The Morgan fingerprint density at radius 2 is 1.82 bits per heavy atom. The number of fused-ring (bicyclic) bond motifs is 1. The third kappa shape index (κ3) is 2.72. The maximum absolute atomic E-state index is 4.75. The highest BCUT2D eigenvalue weighted by Crippen LogP contribution is 2.26. The molecule has 0 saturated carbocycles. The van der Waals surface area contributed by atoms with Crippen molar-refractivity contribution in [2.75, 3.05) is 18.0 Å². The van der Waals surface area contributed by atoms with Crippen LogP contribution in [0.1, 0.15) is 19.5 Å². The smallest absolute Gasteiger partial charge is 0.0743 e. The van der Waals surface area contributed by atoms with Crippen LogP contribution in [0.3, 0.4) is 0 Å². The fourth-order valence-corrected chi connectivity index (χ4v) is 3.51. The Hall–Kier alpha value is -1.56. The number of aryl methyl sites for hydroxylation is 1. The van der Waals surface area contributed by atoms with Crippen molar-refractivity contribution in [3.63, 3.8) is 0 Å². The van der Waals surface area contributed by atoms with Gasteiger partial charge in [0, 0.05) is 27.7 Å². The molecule has 3 aromatic rings. The van der Waals surface area contributed by atoms with Gasteiger partial charge in [-0.15, -0.1) is 0 Å². The van der Waals surface area contributed by atoms with Crippen LogP contribution in [0.4, 0.5) is 5.69 Å². The van der Waals surface area contributed by atoms with Crippen LogP contribution in [-0.4, -0.2) is 22.9 Å². The van der Waals surface area contributed by atoms with Crippen molar-refractivity contribution in [2.45, 2.75) is 20.8 Å². The summed E-state index contributed by atoms with van der Waals surface area (Å²) >= 11 is 2.39. The van der Waals surface area contributed by atoms with Crippen LogP contribution < -0.4 is 4.90 Å². The molecule has 1 heterocycles. The molecule has 0 aliphatic rings. The maximum atomic E-state index is 4.75. The van der Waals surface area contributed by atoms with Crippen molar-refractivity contribution in [2.24, 2.45) is 0 Å². The largest absolute Gasteiger partial charge is 0.372 e. The van der Waals surface area contributed by atoms with E-state index < -0.39 is 0 Å². The van der Waals surface area contributed by atoms with Gasteiger partial charge in [0.25, 0.3) is 0 Å². The number of rotatable bonds is 4. The van der Waals surface area contributed by atoms with E-state index >= 15 is 0 Å². The summed E-state index contributed by atoms with van der Waals surface area (Å²) in [5.41, 5.74) is 4.61. The van der Waals surface area contributed by atoms with E-state index in [-0.39, 0.29) is 0 Å². The predicted octanol–water partition coefficient (Wildman–Crippen LogP) is 4.78. The number of nitrogens with zero attached hydrogens (tertiary/aromatic N) is 3. The third-order valence-electron chi connectivity index (χ3n) is 4.01. The third-order valence-corrected chi connectivity index (χ3v) is 4.64. The van der Waals surface area contributed by atoms with Gasteiger partial charge in [0.2, 0.25) is 0 Å². The van der Waals surface area contributed by atoms with Crippen molar-refractivity contribution >= 4 is 39.2 Å². The van der Waals surface area contributed by atoms with Gasteiger partial charge in [-0.25, -0.2) is 4.68 Å². The maximum Gasteiger partial charge on any atom is 0.0743 e. The number of halogens is 1. The first-order valence-corrected chi connectivity index (χ1v) is 8.72. The fraction of sp³-hybridized carbons (Fsp3) is 0.278. The van der Waals surface area contributed by atoms with E-state index in [4.69, 9.17) is 5.10 Å². The minimum Gasteiger partial charge on any atom is -0.372 e. The van der Waals surface area contributed by atoms with Crippen molar-refractivity contribution in [1.29, 1.82) is 0 Å². The van der Waals surface area contributed by atoms with Gasteiger partial charge >= 0.3 is 0 Å². The summed E-state index contributed by atoms with van der Waals surface area (Å²) in [5, 5.41) is 5.96. The van der Waals surface area contributed by atoms with Gasteiger partial charge in [-0.05, 0) is 67.6 Å². The zero-order valence-electron chi connectivity index (χ0n) is 13.2. The highest BCUT2D eigenvalue weighted by molar-refractivity contribution is 14.1. The average molecular weight is 405 g/mol. The van der Waals surface area contributed by atoms with Crippen molar-refractivity contribution in [3.05, 3.63) is 51.7 Å². The highest BCUT2D eigenvalue weighted by atomic mass is 127. The van der Waals surface area contributed by atoms with Gasteiger partial charge in [0.05, 0.1) is 16.9 Å². The molecule has 1 aromatic heterocycles. The van der Waals surface area contributed by atoms with Crippen molar-refractivity contribution < 1.29 is 0 Å². The molecule has 2 aromatic carbocycles. The van der Waals surface area contributed by atoms with Gasteiger partial charge in [-0.2, -0.15) is 5.10 Å². The van der Waals surface area contributed by atoms with Crippen LogP contribution in [0.15, 0.2) is 42.5 Å². The lowest BCUT2D eigenvalue weighted by atomic mass is 10.2. The predicted molar refractivity (Wildman–Crippen MR) is 102 cm³/mol. The van der Waals surface area contributed by atoms with Crippen LogP contribution in [0.25, 0.3) is 16.6 Å². The Bertz CT molecular complexity index is 803. The standard InChI is InChI=1S/C18H20IN3/c1-4-21(5-2)15-10-14(19)11-16(12-15)22-18-9-7-6-8-17(18)13(3)20-22/h6-12H,4-5H2,1-3H3. The van der Waals surface area contributed by atoms with E-state index in [0.29, 0.717) is 0 Å². The number of anilines is 1. The molecule has 0 fully saturated rings. The summed E-state index contributed by atoms with van der Waals surface area (Å²) in [6.07, 6.45) is 0. The summed E-state index contributed by atoms with van der Waals surface area (Å²) in [6.45, 7) is 8.47. The summed E-state index contributed by atoms with van der Waals surface area (Å²) in [5.74, 6) is 0. The van der Waals surface area contributed by atoms with Gasteiger partial charge in [-0.1, -0.05) is 18.2 Å². The normalized spacial score (nSPS) is 11.1. The van der Waals surface area contributed by atoms with Gasteiger partial charge in [-0.3, -0.25) is 0 Å². The molecule has 0 atom stereocenters. The van der Waals surface area contributed by atoms with E-state index in [9.17, 15) is 0 Å². The van der Waals surface area contributed by atoms with E-state index in [1.165, 1.54) is 14.6 Å². The Morgan fingerprint density at radius 1 is 1.09 bits per heavy atom. The van der Waals surface area contributed by atoms with E-state index in [0.717, 1.165) is 30.0 Å². The minimum atomic E-state index is 1.01. The number of para-hydroxylation sites is 1. The van der Waals surface area contributed by atoms with Gasteiger partial charge in [0.1, 0.15) is 0 Å². The minimum absolute atomic E-state index is 1.01. The first-order chi connectivity index (χ1) is 10.6. The molecular weight excluding hydrogens is 385 g/mol. The monoisotopic (exact) mass is 405 g/mol. The van der Waals surface area contributed by atoms with Gasteiger partial charge in [0.15, 0.2) is 0 Å². The molecule has 0 spiro atoms. The van der Waals surface area contributed by atoms with Crippen LogP contribution in [-0.2, 0) is 0 Å². The Labute approximate surface area is 145 Å². The number of aromatic nitrogens is 2. The average Bonchev–Trinajstić information content (AvgIpc) is 2.86. The molecule has 114 valence electrons. The lowest BCUT2D eigenvalue weighted by Crippen LogP contribution is -2.22. The highest BCUT2D eigenvalue weighted by Gasteiger charge is 2.11. The van der Waals surface area contributed by atoms with Gasteiger partial charge < -0.3 is 4.90 Å². The van der Waals surface area contributed by atoms with Crippen LogP contribution >= 0.6 is 22.6 Å². The zero-order valence-corrected chi connectivity index (χ0v) is 15.3. The fourth-order valence-electron chi connectivity index (χ4n) is 2.87. The van der Waals surface area contributed by atoms with E-state index in [1.54, 1.807) is 0 Å². The second-order valence-electron chi connectivity index (χ2n) is 5.35. The number of benzene rings is 2. The Morgan fingerprint density at radius 3 is 2.55 bits per heavy atom. The molecule has 0 unspecified atom stereocenters. The summed E-state index contributed by atoms with van der Waals surface area (Å²) < 4.78 is 3.29. The first kappa shape index (κ1) is 15.3. The molecule has 0 aliphatic heterocycles. The summed E-state index contributed by atoms with van der Waals surface area (Å²) in [7, 11) is 0. The number of hydrogen-bond donors (Lipinski definition) is 0. The lowest BCUT2D eigenvalue weighted by molar-refractivity contribution is 0.855. The Kier molecular flexibility index (Phi) is 4.38. The second-order valence-corrected chi connectivity index (χ2v) is 6.60. The summed E-state index contributed by atoms with van der Waals surface area (Å²) in [4.78, 5) is 2.37. The molecule has 0 aliphatic carbocycles. The first-order valence-electron chi connectivity index (χ1n) is 7.64. The molecule has 0 radical (unpaired) electrons. The quantitative estimate of drug-likeness (QED) is 0.583. The van der Waals surface area contributed by atoms with Crippen LogP contribution in [0, 0.1) is 10.5 Å². The molecular formula is C18H20IN3. The van der Waals surface area contributed by atoms with Crippen molar-refractivity contribution in [1.82, 2.24) is 9.78 Å². The summed E-state index contributed by atoms with van der Waals surface area (Å²) in [6, 6.07) is 15.0. The molecule has 0 amide bonds. The van der Waals surface area contributed by atoms with Crippen LogP contribution in [0.2, 0.25) is 0 Å². The molecule has 0 bridgehead atoms. The Balaban J connectivity index is 2.18. The van der Waals surface area contributed by atoms with E-state index in [1.807, 2.05) is 0 Å². The lowest BCUT2D eigenvalue weighted by Gasteiger charge is -2.22. The SMILES string of the molecule is CCN(CC)c1cc(I)cc(-n2nc(C)c3ccccc32)c1. The molecule has 0 saturated heterocycles. The zero-order chi connectivity index (χ0) is 15.7. The number of hydrogen-bond acceptors (Lipinski definition) is 2. The van der Waals surface area contributed by atoms with Crippen molar-refractivity contribution in [3.8, 4) is 5.69 Å². The van der Waals surface area contributed by atoms with Crippen LogP contribution in [0.5, 0.6) is 0 Å². The second kappa shape index (κ2) is 6.28. The van der Waals surface area contributed by atoms with E-state index in [2.05, 4.69) is 95.4 Å². The molecule has 22 heavy (non-hydrogen) atoms. The topological polar surface area (TPSA) is 21.1 Å². The molecule has 3 rings (SSSR count). The molecule has 3 nitrogen and oxygen atoms in total.